The highest BCUT2D eigenvalue weighted by Gasteiger charge is 2.13. The van der Waals surface area contributed by atoms with Crippen LogP contribution < -0.4 is 29.6 Å². The Labute approximate surface area is 208 Å². The summed E-state index contributed by atoms with van der Waals surface area (Å²) in [5, 5.41) is 6.68. The fraction of sp³-hybridized carbons (Fsp3) is 0.458. The molecule has 2 aromatic carbocycles. The Hall–Kier alpha value is -2.36. The van der Waals surface area contributed by atoms with Crippen LogP contribution in [0.15, 0.2) is 41.4 Å². The van der Waals surface area contributed by atoms with Gasteiger partial charge in [0.05, 0.1) is 34.5 Å². The Balaban J connectivity index is 0.00000512. The number of guanidine groups is 1. The van der Waals surface area contributed by atoms with Crippen molar-refractivity contribution in [3.8, 4) is 23.0 Å². The SMILES string of the molecule is CCCOc1cccc(CCNC(=NCc2cc(OC)c(OC)c(OC)c2)NCC)c1.I. The first kappa shape index (κ1) is 27.7. The molecule has 0 saturated carbocycles. The van der Waals surface area contributed by atoms with Crippen LogP contribution in [-0.2, 0) is 13.0 Å². The third-order valence-electron chi connectivity index (χ3n) is 4.57. The van der Waals surface area contributed by atoms with Gasteiger partial charge in [0.25, 0.3) is 0 Å². The minimum atomic E-state index is 0. The molecule has 0 aliphatic heterocycles. The van der Waals surface area contributed by atoms with Crippen molar-refractivity contribution in [3.05, 3.63) is 47.5 Å². The minimum absolute atomic E-state index is 0. The number of hydrogen-bond acceptors (Lipinski definition) is 5. The summed E-state index contributed by atoms with van der Waals surface area (Å²) in [7, 11) is 4.81. The molecule has 0 unspecified atom stereocenters. The molecular formula is C24H36IN3O4. The molecule has 2 aromatic rings. The lowest BCUT2D eigenvalue weighted by Crippen LogP contribution is -2.38. The number of ether oxygens (including phenoxy) is 4. The van der Waals surface area contributed by atoms with Crippen molar-refractivity contribution < 1.29 is 18.9 Å². The van der Waals surface area contributed by atoms with Gasteiger partial charge in [-0.2, -0.15) is 0 Å². The second kappa shape index (κ2) is 15.4. The highest BCUT2D eigenvalue weighted by Crippen LogP contribution is 2.38. The summed E-state index contributed by atoms with van der Waals surface area (Å²) in [4.78, 5) is 4.70. The van der Waals surface area contributed by atoms with Crippen molar-refractivity contribution in [2.45, 2.75) is 33.2 Å². The van der Waals surface area contributed by atoms with Crippen molar-refractivity contribution in [3.63, 3.8) is 0 Å². The number of aliphatic imine (C=N–C) groups is 1. The molecule has 0 aromatic heterocycles. The maximum atomic E-state index is 5.72. The first-order valence-electron chi connectivity index (χ1n) is 10.7. The number of methoxy groups -OCH3 is 3. The van der Waals surface area contributed by atoms with E-state index in [4.69, 9.17) is 23.9 Å². The first-order chi connectivity index (χ1) is 15.1. The average molecular weight is 557 g/mol. The lowest BCUT2D eigenvalue weighted by molar-refractivity contribution is 0.317. The zero-order chi connectivity index (χ0) is 22.5. The zero-order valence-electron chi connectivity index (χ0n) is 19.7. The van der Waals surface area contributed by atoms with Gasteiger partial charge in [-0.1, -0.05) is 19.1 Å². The number of rotatable bonds is 12. The highest BCUT2D eigenvalue weighted by molar-refractivity contribution is 14.0. The van der Waals surface area contributed by atoms with Crippen LogP contribution in [0.25, 0.3) is 0 Å². The maximum absolute atomic E-state index is 5.72. The van der Waals surface area contributed by atoms with Crippen molar-refractivity contribution >= 4 is 29.9 Å². The Kier molecular flexibility index (Phi) is 13.4. The number of hydrogen-bond donors (Lipinski definition) is 2. The number of nitrogens with one attached hydrogen (secondary N) is 2. The average Bonchev–Trinajstić information content (AvgIpc) is 2.80. The summed E-state index contributed by atoms with van der Waals surface area (Å²) in [6.07, 6.45) is 1.87. The third-order valence-corrected chi connectivity index (χ3v) is 4.57. The van der Waals surface area contributed by atoms with E-state index in [9.17, 15) is 0 Å². The summed E-state index contributed by atoms with van der Waals surface area (Å²) in [5.74, 6) is 3.50. The molecule has 0 fully saturated rings. The van der Waals surface area contributed by atoms with E-state index in [1.807, 2.05) is 31.2 Å². The molecule has 0 aliphatic carbocycles. The van der Waals surface area contributed by atoms with Gasteiger partial charge >= 0.3 is 0 Å². The van der Waals surface area contributed by atoms with E-state index < -0.39 is 0 Å². The van der Waals surface area contributed by atoms with Gasteiger partial charge in [0.1, 0.15) is 5.75 Å². The highest BCUT2D eigenvalue weighted by atomic mass is 127. The molecule has 32 heavy (non-hydrogen) atoms. The lowest BCUT2D eigenvalue weighted by atomic mass is 10.1. The van der Waals surface area contributed by atoms with Crippen molar-refractivity contribution in [1.29, 1.82) is 0 Å². The Morgan fingerprint density at radius 3 is 2.22 bits per heavy atom. The summed E-state index contributed by atoms with van der Waals surface area (Å²) in [5.41, 5.74) is 2.19. The van der Waals surface area contributed by atoms with Crippen LogP contribution >= 0.6 is 24.0 Å². The van der Waals surface area contributed by atoms with Gasteiger partial charge in [-0.15, -0.1) is 24.0 Å². The predicted molar refractivity (Wildman–Crippen MR) is 140 cm³/mol. The molecule has 2 rings (SSSR count). The largest absolute Gasteiger partial charge is 0.494 e. The number of halogens is 1. The second-order valence-electron chi connectivity index (χ2n) is 6.90. The van der Waals surface area contributed by atoms with Crippen LogP contribution in [0, 0.1) is 0 Å². The van der Waals surface area contributed by atoms with Gasteiger partial charge in [0, 0.05) is 13.1 Å². The quantitative estimate of drug-likeness (QED) is 0.229. The standard InChI is InChI=1S/C24H35N3O4.HI/c1-6-13-31-20-10-8-9-18(14-20)11-12-26-24(25-7-2)27-17-19-15-21(28-3)23(30-5)22(16-19)29-4;/h8-10,14-16H,6-7,11-13,17H2,1-5H3,(H2,25,26,27);1H. The molecule has 0 aliphatic rings. The smallest absolute Gasteiger partial charge is 0.203 e. The lowest BCUT2D eigenvalue weighted by Gasteiger charge is -2.14. The van der Waals surface area contributed by atoms with Crippen LogP contribution in [0.1, 0.15) is 31.4 Å². The second-order valence-corrected chi connectivity index (χ2v) is 6.90. The summed E-state index contributed by atoms with van der Waals surface area (Å²) in [6.45, 7) is 6.91. The van der Waals surface area contributed by atoms with Crippen LogP contribution in [-0.4, -0.2) is 47.0 Å². The molecule has 0 atom stereocenters. The zero-order valence-corrected chi connectivity index (χ0v) is 22.0. The topological polar surface area (TPSA) is 73.3 Å². The van der Waals surface area contributed by atoms with E-state index >= 15 is 0 Å². The van der Waals surface area contributed by atoms with Crippen molar-refractivity contribution in [2.75, 3.05) is 41.0 Å². The van der Waals surface area contributed by atoms with Crippen LogP contribution in [0.3, 0.4) is 0 Å². The molecule has 0 heterocycles. The fourth-order valence-corrected chi connectivity index (χ4v) is 3.07. The molecule has 178 valence electrons. The molecular weight excluding hydrogens is 521 g/mol. The normalized spacial score (nSPS) is 10.7. The van der Waals surface area contributed by atoms with E-state index in [1.54, 1.807) is 21.3 Å². The molecule has 8 heteroatoms. The van der Waals surface area contributed by atoms with Crippen LogP contribution in [0.2, 0.25) is 0 Å². The van der Waals surface area contributed by atoms with Crippen molar-refractivity contribution in [1.82, 2.24) is 10.6 Å². The molecule has 0 radical (unpaired) electrons. The molecule has 0 spiro atoms. The van der Waals surface area contributed by atoms with E-state index in [0.29, 0.717) is 23.8 Å². The van der Waals surface area contributed by atoms with Gasteiger partial charge in [0.2, 0.25) is 5.75 Å². The monoisotopic (exact) mass is 557 g/mol. The van der Waals surface area contributed by atoms with Gasteiger partial charge in [0.15, 0.2) is 17.5 Å². The van der Waals surface area contributed by atoms with Gasteiger partial charge in [-0.05, 0) is 55.2 Å². The molecule has 2 N–H and O–H groups in total. The predicted octanol–water partition coefficient (Wildman–Crippen LogP) is 4.42. The molecule has 7 nitrogen and oxygen atoms in total. The fourth-order valence-electron chi connectivity index (χ4n) is 3.07. The van der Waals surface area contributed by atoms with Gasteiger partial charge < -0.3 is 29.6 Å². The van der Waals surface area contributed by atoms with Gasteiger partial charge in [-0.3, -0.25) is 0 Å². The van der Waals surface area contributed by atoms with Crippen LogP contribution in [0.5, 0.6) is 23.0 Å². The van der Waals surface area contributed by atoms with E-state index in [1.165, 1.54) is 5.56 Å². The minimum Gasteiger partial charge on any atom is -0.494 e. The first-order valence-corrected chi connectivity index (χ1v) is 10.7. The Morgan fingerprint density at radius 1 is 0.906 bits per heavy atom. The molecule has 0 bridgehead atoms. The van der Waals surface area contributed by atoms with Gasteiger partial charge in [-0.25, -0.2) is 4.99 Å². The summed E-state index contributed by atoms with van der Waals surface area (Å²) in [6, 6.07) is 12.1. The summed E-state index contributed by atoms with van der Waals surface area (Å²) < 4.78 is 22.0. The van der Waals surface area contributed by atoms with Crippen molar-refractivity contribution in [2.24, 2.45) is 4.99 Å². The Morgan fingerprint density at radius 2 is 1.62 bits per heavy atom. The maximum Gasteiger partial charge on any atom is 0.203 e. The Bertz CT molecular complexity index is 821. The van der Waals surface area contributed by atoms with Crippen LogP contribution in [0.4, 0.5) is 0 Å². The van der Waals surface area contributed by atoms with E-state index in [0.717, 1.165) is 49.8 Å². The number of nitrogens with zero attached hydrogens (tertiary/aromatic N) is 1. The number of benzene rings is 2. The molecule has 0 amide bonds. The van der Waals surface area contributed by atoms with E-state index in [-0.39, 0.29) is 24.0 Å². The van der Waals surface area contributed by atoms with E-state index in [2.05, 4.69) is 29.7 Å². The molecule has 0 saturated heterocycles. The summed E-state index contributed by atoms with van der Waals surface area (Å²) >= 11 is 0. The third kappa shape index (κ3) is 8.64.